The Morgan fingerprint density at radius 3 is 2.84 bits per heavy atom. The predicted molar refractivity (Wildman–Crippen MR) is 78.8 cm³/mol. The van der Waals surface area contributed by atoms with E-state index in [0.717, 1.165) is 0 Å². The first-order valence-electron chi connectivity index (χ1n) is 6.51. The second kappa shape index (κ2) is 5.25. The Morgan fingerprint density at radius 1 is 1.11 bits per heavy atom. The highest BCUT2D eigenvalue weighted by molar-refractivity contribution is 7.98. The van der Waals surface area contributed by atoms with Crippen molar-refractivity contribution in [1.82, 2.24) is 0 Å². The van der Waals surface area contributed by atoms with Crippen LogP contribution < -0.4 is 5.73 Å². The molecule has 0 saturated carbocycles. The summed E-state index contributed by atoms with van der Waals surface area (Å²) in [7, 11) is 0. The molecule has 0 heterocycles. The SMILES string of the molecule is Nc1cccc(CSc2ccc3c(c2)CCC3)c1F. The number of aryl methyl sites for hydroxylation is 2. The summed E-state index contributed by atoms with van der Waals surface area (Å²) < 4.78 is 13.8. The number of hydrogen-bond acceptors (Lipinski definition) is 2. The molecule has 0 fully saturated rings. The topological polar surface area (TPSA) is 26.0 Å². The van der Waals surface area contributed by atoms with Crippen LogP contribution in [-0.4, -0.2) is 0 Å². The van der Waals surface area contributed by atoms with Crippen LogP contribution in [0.4, 0.5) is 10.1 Å². The zero-order chi connectivity index (χ0) is 13.2. The maximum atomic E-state index is 13.8. The van der Waals surface area contributed by atoms with Crippen molar-refractivity contribution in [3.8, 4) is 0 Å². The molecule has 0 unspecified atom stereocenters. The van der Waals surface area contributed by atoms with Gasteiger partial charge in [0.05, 0.1) is 5.69 Å². The van der Waals surface area contributed by atoms with Crippen LogP contribution >= 0.6 is 11.8 Å². The zero-order valence-electron chi connectivity index (χ0n) is 10.7. The molecule has 1 aliphatic rings. The molecular weight excluding hydrogens is 257 g/mol. The maximum Gasteiger partial charge on any atom is 0.150 e. The maximum absolute atomic E-state index is 13.8. The van der Waals surface area contributed by atoms with Crippen LogP contribution in [0.1, 0.15) is 23.1 Å². The monoisotopic (exact) mass is 273 g/mol. The lowest BCUT2D eigenvalue weighted by atomic mass is 10.1. The van der Waals surface area contributed by atoms with Crippen LogP contribution in [0.15, 0.2) is 41.3 Å². The van der Waals surface area contributed by atoms with Gasteiger partial charge in [0.1, 0.15) is 5.82 Å². The summed E-state index contributed by atoms with van der Waals surface area (Å²) in [5.41, 5.74) is 9.41. The Bertz CT molecular complexity index is 610. The third-order valence-electron chi connectivity index (χ3n) is 3.57. The molecule has 3 rings (SSSR count). The molecule has 0 radical (unpaired) electrons. The van der Waals surface area contributed by atoms with Gasteiger partial charge in [-0.25, -0.2) is 4.39 Å². The van der Waals surface area contributed by atoms with Crippen LogP contribution in [0.5, 0.6) is 0 Å². The molecule has 0 atom stereocenters. The summed E-state index contributed by atoms with van der Waals surface area (Å²) in [6.45, 7) is 0. The number of nitrogens with two attached hydrogens (primary N) is 1. The molecule has 98 valence electrons. The lowest BCUT2D eigenvalue weighted by Crippen LogP contribution is -1.95. The molecule has 0 amide bonds. The number of halogens is 1. The molecule has 0 bridgehead atoms. The minimum Gasteiger partial charge on any atom is -0.396 e. The predicted octanol–water partition coefficient (Wildman–Crippen LogP) is 4.19. The quantitative estimate of drug-likeness (QED) is 0.670. The average molecular weight is 273 g/mol. The fourth-order valence-electron chi connectivity index (χ4n) is 2.51. The fourth-order valence-corrected chi connectivity index (χ4v) is 3.45. The highest BCUT2D eigenvalue weighted by Crippen LogP contribution is 2.30. The number of hydrogen-bond donors (Lipinski definition) is 1. The molecule has 0 aliphatic heterocycles. The van der Waals surface area contributed by atoms with Gasteiger partial charge < -0.3 is 5.73 Å². The van der Waals surface area contributed by atoms with E-state index in [1.54, 1.807) is 30.0 Å². The number of nitrogen functional groups attached to an aromatic ring is 1. The van der Waals surface area contributed by atoms with Gasteiger partial charge >= 0.3 is 0 Å². The van der Waals surface area contributed by atoms with Crippen LogP contribution in [0.25, 0.3) is 0 Å². The van der Waals surface area contributed by atoms with Crippen molar-refractivity contribution in [2.75, 3.05) is 5.73 Å². The van der Waals surface area contributed by atoms with Gasteiger partial charge in [0, 0.05) is 16.2 Å². The van der Waals surface area contributed by atoms with Crippen molar-refractivity contribution in [2.45, 2.75) is 29.9 Å². The van der Waals surface area contributed by atoms with Crippen molar-refractivity contribution in [3.05, 3.63) is 58.9 Å². The minimum absolute atomic E-state index is 0.229. The average Bonchev–Trinajstić information content (AvgIpc) is 2.88. The largest absolute Gasteiger partial charge is 0.396 e. The molecule has 0 saturated heterocycles. The van der Waals surface area contributed by atoms with E-state index in [4.69, 9.17) is 5.73 Å². The summed E-state index contributed by atoms with van der Waals surface area (Å²) in [6.07, 6.45) is 3.63. The zero-order valence-corrected chi connectivity index (χ0v) is 11.5. The standard InChI is InChI=1S/C16H16FNS/c17-16-13(5-2-6-15(16)18)10-19-14-8-7-11-3-1-4-12(11)9-14/h2,5-9H,1,3-4,10,18H2. The molecule has 0 spiro atoms. The van der Waals surface area contributed by atoms with E-state index in [-0.39, 0.29) is 11.5 Å². The molecule has 0 aromatic heterocycles. The van der Waals surface area contributed by atoms with E-state index in [0.29, 0.717) is 11.3 Å². The Hall–Kier alpha value is -1.48. The van der Waals surface area contributed by atoms with E-state index < -0.39 is 0 Å². The Labute approximate surface area is 117 Å². The first kappa shape index (κ1) is 12.5. The van der Waals surface area contributed by atoms with E-state index in [2.05, 4.69) is 18.2 Å². The van der Waals surface area contributed by atoms with Crippen LogP contribution in [0.2, 0.25) is 0 Å². The molecule has 2 aromatic carbocycles. The summed E-state index contributed by atoms with van der Waals surface area (Å²) in [5.74, 6) is 0.339. The van der Waals surface area contributed by atoms with Gasteiger partial charge in [-0.1, -0.05) is 18.2 Å². The molecule has 2 aromatic rings. The smallest absolute Gasteiger partial charge is 0.150 e. The van der Waals surface area contributed by atoms with Gasteiger partial charge in [-0.3, -0.25) is 0 Å². The fraction of sp³-hybridized carbons (Fsp3) is 0.250. The Kier molecular flexibility index (Phi) is 3.47. The van der Waals surface area contributed by atoms with Gasteiger partial charge in [0.2, 0.25) is 0 Å². The third-order valence-corrected chi connectivity index (χ3v) is 4.62. The van der Waals surface area contributed by atoms with Crippen molar-refractivity contribution >= 4 is 17.4 Å². The second-order valence-corrected chi connectivity index (χ2v) is 5.94. The van der Waals surface area contributed by atoms with Gasteiger partial charge in [-0.15, -0.1) is 11.8 Å². The van der Waals surface area contributed by atoms with E-state index >= 15 is 0 Å². The number of fused-ring (bicyclic) bond motifs is 1. The number of rotatable bonds is 3. The van der Waals surface area contributed by atoms with E-state index in [1.807, 2.05) is 0 Å². The summed E-state index contributed by atoms with van der Waals surface area (Å²) in [6, 6.07) is 11.8. The summed E-state index contributed by atoms with van der Waals surface area (Å²) in [5, 5.41) is 0. The van der Waals surface area contributed by atoms with Crippen LogP contribution in [-0.2, 0) is 18.6 Å². The van der Waals surface area contributed by atoms with Crippen molar-refractivity contribution < 1.29 is 4.39 Å². The number of benzene rings is 2. The molecule has 19 heavy (non-hydrogen) atoms. The normalized spacial score (nSPS) is 13.5. The molecular formula is C16H16FNS. The van der Waals surface area contributed by atoms with Crippen molar-refractivity contribution in [1.29, 1.82) is 0 Å². The lowest BCUT2D eigenvalue weighted by molar-refractivity contribution is 0.622. The number of thioether (sulfide) groups is 1. The van der Waals surface area contributed by atoms with Crippen LogP contribution in [0, 0.1) is 5.82 Å². The van der Waals surface area contributed by atoms with Crippen LogP contribution in [0.3, 0.4) is 0 Å². The first-order valence-corrected chi connectivity index (χ1v) is 7.50. The number of anilines is 1. The first-order chi connectivity index (χ1) is 9.24. The minimum atomic E-state index is -0.281. The van der Waals surface area contributed by atoms with Gasteiger partial charge in [0.15, 0.2) is 0 Å². The molecule has 1 aliphatic carbocycles. The van der Waals surface area contributed by atoms with Gasteiger partial charge in [-0.2, -0.15) is 0 Å². The molecule has 3 heteroatoms. The second-order valence-electron chi connectivity index (χ2n) is 4.89. The lowest BCUT2D eigenvalue weighted by Gasteiger charge is -2.07. The summed E-state index contributed by atoms with van der Waals surface area (Å²) in [4.78, 5) is 1.21. The summed E-state index contributed by atoms with van der Waals surface area (Å²) >= 11 is 1.67. The Morgan fingerprint density at radius 2 is 1.95 bits per heavy atom. The van der Waals surface area contributed by atoms with Gasteiger partial charge in [-0.05, 0) is 48.6 Å². The third kappa shape index (κ3) is 2.61. The highest BCUT2D eigenvalue weighted by atomic mass is 32.2. The molecule has 2 N–H and O–H groups in total. The Balaban J connectivity index is 1.74. The van der Waals surface area contributed by atoms with Gasteiger partial charge in [0.25, 0.3) is 0 Å². The van der Waals surface area contributed by atoms with Crippen molar-refractivity contribution in [2.24, 2.45) is 0 Å². The molecule has 1 nitrogen and oxygen atoms in total. The van der Waals surface area contributed by atoms with E-state index in [1.165, 1.54) is 35.3 Å². The highest BCUT2D eigenvalue weighted by Gasteiger charge is 2.11. The van der Waals surface area contributed by atoms with E-state index in [9.17, 15) is 4.39 Å². The van der Waals surface area contributed by atoms with Crippen molar-refractivity contribution in [3.63, 3.8) is 0 Å².